The molecule has 84 valence electrons. The van der Waals surface area contributed by atoms with Crippen molar-refractivity contribution in [3.05, 3.63) is 44.3 Å². The van der Waals surface area contributed by atoms with Gasteiger partial charge in [-0.2, -0.15) is 0 Å². The molecule has 0 saturated carbocycles. The molecule has 0 unspecified atom stereocenters. The van der Waals surface area contributed by atoms with Crippen LogP contribution in [-0.2, 0) is 18.0 Å². The Morgan fingerprint density at radius 1 is 1.25 bits per heavy atom. The summed E-state index contributed by atoms with van der Waals surface area (Å²) in [6.45, 7) is 0.885. The van der Waals surface area contributed by atoms with Crippen molar-refractivity contribution in [3.8, 4) is 0 Å². The van der Waals surface area contributed by atoms with E-state index in [1.165, 1.54) is 11.3 Å². The molecule has 2 heterocycles. The van der Waals surface area contributed by atoms with Gasteiger partial charge in [0.05, 0.1) is 13.2 Å². The lowest BCUT2D eigenvalue weighted by atomic mass is 10.3. The minimum Gasteiger partial charge on any atom is -0.477 e. The normalized spacial score (nSPS) is 10.5. The van der Waals surface area contributed by atoms with Gasteiger partial charge >= 0.3 is 5.97 Å². The monoisotopic (exact) mass is 254 g/mol. The van der Waals surface area contributed by atoms with Crippen LogP contribution in [0, 0.1) is 0 Å². The van der Waals surface area contributed by atoms with Crippen LogP contribution in [0.25, 0.3) is 0 Å². The van der Waals surface area contributed by atoms with E-state index in [0.29, 0.717) is 18.1 Å². The molecule has 1 N–H and O–H groups in total. The van der Waals surface area contributed by atoms with E-state index in [9.17, 15) is 4.79 Å². The summed E-state index contributed by atoms with van der Waals surface area (Å²) in [5, 5.41) is 12.7. The second-order valence-corrected chi connectivity index (χ2v) is 5.10. The first-order valence-corrected chi connectivity index (χ1v) is 6.43. The van der Waals surface area contributed by atoms with E-state index >= 15 is 0 Å². The highest BCUT2D eigenvalue weighted by atomic mass is 32.1. The second-order valence-electron chi connectivity index (χ2n) is 3.15. The maximum Gasteiger partial charge on any atom is 0.346 e. The van der Waals surface area contributed by atoms with Gasteiger partial charge in [0.2, 0.25) is 0 Å². The molecular formula is C11H10O3S2. The smallest absolute Gasteiger partial charge is 0.346 e. The van der Waals surface area contributed by atoms with Gasteiger partial charge in [-0.05, 0) is 22.9 Å². The van der Waals surface area contributed by atoms with E-state index in [4.69, 9.17) is 9.84 Å². The van der Waals surface area contributed by atoms with Gasteiger partial charge < -0.3 is 9.84 Å². The lowest BCUT2D eigenvalue weighted by Gasteiger charge is -2.01. The van der Waals surface area contributed by atoms with Gasteiger partial charge in [-0.1, -0.05) is 6.07 Å². The Morgan fingerprint density at radius 2 is 2.12 bits per heavy atom. The molecule has 0 aliphatic rings. The standard InChI is InChI=1S/C11H10O3S2/c12-11(13)10-8(3-5-16-10)6-14-7-9-2-1-4-15-9/h1-5H,6-7H2,(H,12,13). The van der Waals surface area contributed by atoms with Crippen molar-refractivity contribution in [2.24, 2.45) is 0 Å². The summed E-state index contributed by atoms with van der Waals surface area (Å²) in [5.41, 5.74) is 0.744. The number of carbonyl (C=O) groups is 1. The Hall–Kier alpha value is -1.17. The van der Waals surface area contributed by atoms with Crippen LogP contribution in [0.5, 0.6) is 0 Å². The summed E-state index contributed by atoms with van der Waals surface area (Å²) in [7, 11) is 0. The van der Waals surface area contributed by atoms with E-state index in [-0.39, 0.29) is 0 Å². The zero-order valence-electron chi connectivity index (χ0n) is 8.38. The molecule has 0 radical (unpaired) electrons. The third kappa shape index (κ3) is 2.69. The van der Waals surface area contributed by atoms with Crippen molar-refractivity contribution in [1.82, 2.24) is 0 Å². The molecule has 0 aromatic carbocycles. The molecule has 3 nitrogen and oxygen atoms in total. The molecule has 2 rings (SSSR count). The number of thiophene rings is 2. The lowest BCUT2D eigenvalue weighted by Crippen LogP contribution is -1.99. The first-order chi connectivity index (χ1) is 7.77. The molecule has 0 bridgehead atoms. The van der Waals surface area contributed by atoms with E-state index in [0.717, 1.165) is 10.4 Å². The zero-order valence-corrected chi connectivity index (χ0v) is 10.0. The van der Waals surface area contributed by atoms with Crippen molar-refractivity contribution in [1.29, 1.82) is 0 Å². The third-order valence-corrected chi connectivity index (χ3v) is 3.82. The SMILES string of the molecule is O=C(O)c1sccc1COCc1cccs1. The highest BCUT2D eigenvalue weighted by Crippen LogP contribution is 2.18. The zero-order chi connectivity index (χ0) is 11.4. The number of aromatic carboxylic acids is 1. The number of carboxylic acid groups (broad SMARTS) is 1. The number of carboxylic acids is 1. The molecule has 0 aliphatic carbocycles. The molecule has 0 amide bonds. The fraction of sp³-hybridized carbons (Fsp3) is 0.182. The highest BCUT2D eigenvalue weighted by molar-refractivity contribution is 7.12. The maximum absolute atomic E-state index is 10.8. The second kappa shape index (κ2) is 5.25. The molecule has 2 aromatic heterocycles. The summed E-state index contributed by atoms with van der Waals surface area (Å²) in [4.78, 5) is 12.3. The molecule has 16 heavy (non-hydrogen) atoms. The molecular weight excluding hydrogens is 244 g/mol. The third-order valence-electron chi connectivity index (χ3n) is 2.02. The van der Waals surface area contributed by atoms with Crippen LogP contribution in [0.4, 0.5) is 0 Å². The summed E-state index contributed by atoms with van der Waals surface area (Å²) < 4.78 is 5.47. The van der Waals surface area contributed by atoms with Crippen molar-refractivity contribution < 1.29 is 14.6 Å². The molecule has 2 aromatic rings. The van der Waals surface area contributed by atoms with Crippen LogP contribution in [-0.4, -0.2) is 11.1 Å². The first kappa shape index (κ1) is 11.3. The molecule has 0 atom stereocenters. The Bertz CT molecular complexity index is 459. The quantitative estimate of drug-likeness (QED) is 0.891. The van der Waals surface area contributed by atoms with E-state index in [1.807, 2.05) is 17.5 Å². The Labute approximate surface area is 101 Å². The number of rotatable bonds is 5. The maximum atomic E-state index is 10.8. The number of hydrogen-bond donors (Lipinski definition) is 1. The minimum atomic E-state index is -0.885. The van der Waals surface area contributed by atoms with Crippen LogP contribution in [0.2, 0.25) is 0 Å². The van der Waals surface area contributed by atoms with Crippen molar-refractivity contribution in [2.75, 3.05) is 0 Å². The van der Waals surface area contributed by atoms with E-state index in [2.05, 4.69) is 0 Å². The van der Waals surface area contributed by atoms with Crippen LogP contribution < -0.4 is 0 Å². The largest absolute Gasteiger partial charge is 0.477 e. The van der Waals surface area contributed by atoms with E-state index < -0.39 is 5.97 Å². The first-order valence-electron chi connectivity index (χ1n) is 4.67. The van der Waals surface area contributed by atoms with Crippen LogP contribution in [0.1, 0.15) is 20.1 Å². The van der Waals surface area contributed by atoms with E-state index in [1.54, 1.807) is 22.8 Å². The van der Waals surface area contributed by atoms with Gasteiger partial charge in [-0.25, -0.2) is 4.79 Å². The van der Waals surface area contributed by atoms with Crippen LogP contribution in [0.15, 0.2) is 29.0 Å². The molecule has 0 spiro atoms. The van der Waals surface area contributed by atoms with Gasteiger partial charge in [0.1, 0.15) is 4.88 Å². The topological polar surface area (TPSA) is 46.5 Å². The van der Waals surface area contributed by atoms with Crippen molar-refractivity contribution >= 4 is 28.6 Å². The number of hydrogen-bond acceptors (Lipinski definition) is 4. The van der Waals surface area contributed by atoms with Gasteiger partial charge in [-0.15, -0.1) is 22.7 Å². The van der Waals surface area contributed by atoms with Gasteiger partial charge in [0, 0.05) is 10.4 Å². The molecule has 0 saturated heterocycles. The Kier molecular flexibility index (Phi) is 3.71. The Morgan fingerprint density at radius 3 is 2.81 bits per heavy atom. The molecule has 0 aliphatic heterocycles. The fourth-order valence-electron chi connectivity index (χ4n) is 1.29. The van der Waals surface area contributed by atoms with Crippen molar-refractivity contribution in [3.63, 3.8) is 0 Å². The van der Waals surface area contributed by atoms with Crippen molar-refractivity contribution in [2.45, 2.75) is 13.2 Å². The summed E-state index contributed by atoms with van der Waals surface area (Å²) in [5.74, 6) is -0.885. The predicted molar refractivity (Wildman–Crippen MR) is 64.1 cm³/mol. The van der Waals surface area contributed by atoms with Gasteiger partial charge in [0.25, 0.3) is 0 Å². The van der Waals surface area contributed by atoms with Crippen LogP contribution >= 0.6 is 22.7 Å². The fourth-order valence-corrected chi connectivity index (χ4v) is 2.68. The Balaban J connectivity index is 1.90. The lowest BCUT2D eigenvalue weighted by molar-refractivity contribution is 0.0691. The van der Waals surface area contributed by atoms with Crippen LogP contribution in [0.3, 0.4) is 0 Å². The molecule has 5 heteroatoms. The minimum absolute atomic E-state index is 0.350. The van der Waals surface area contributed by atoms with Gasteiger partial charge in [0.15, 0.2) is 0 Å². The number of ether oxygens (including phenoxy) is 1. The average molecular weight is 254 g/mol. The highest BCUT2D eigenvalue weighted by Gasteiger charge is 2.11. The van der Waals surface area contributed by atoms with Gasteiger partial charge in [-0.3, -0.25) is 0 Å². The summed E-state index contributed by atoms with van der Waals surface area (Å²) in [6.07, 6.45) is 0. The predicted octanol–water partition coefficient (Wildman–Crippen LogP) is 3.22. The average Bonchev–Trinajstić information content (AvgIpc) is 2.87. The summed E-state index contributed by atoms with van der Waals surface area (Å²) >= 11 is 2.86. The summed E-state index contributed by atoms with van der Waals surface area (Å²) in [6, 6.07) is 5.76. The molecule has 0 fully saturated rings.